The summed E-state index contributed by atoms with van der Waals surface area (Å²) in [7, 11) is 0. The maximum absolute atomic E-state index is 2.50. The molecule has 0 fully saturated rings. The second kappa shape index (κ2) is 4.51. The molecule has 14 heavy (non-hydrogen) atoms. The third-order valence-electron chi connectivity index (χ3n) is 3.10. The van der Waals surface area contributed by atoms with Crippen LogP contribution in [0.5, 0.6) is 0 Å². The van der Waals surface area contributed by atoms with Crippen LogP contribution >= 0.6 is 0 Å². The molecule has 1 aliphatic carbocycles. The fourth-order valence-electron chi connectivity index (χ4n) is 2.81. The van der Waals surface area contributed by atoms with Crippen LogP contribution in [0.2, 0.25) is 0 Å². The van der Waals surface area contributed by atoms with Gasteiger partial charge in [0.05, 0.1) is 0 Å². The minimum absolute atomic E-state index is 0.497. The van der Waals surface area contributed by atoms with E-state index in [9.17, 15) is 0 Å². The molecule has 1 aliphatic rings. The molecule has 0 radical (unpaired) electrons. The van der Waals surface area contributed by atoms with Crippen LogP contribution in [0.15, 0.2) is 11.6 Å². The van der Waals surface area contributed by atoms with Crippen molar-refractivity contribution in [1.29, 1.82) is 0 Å². The highest BCUT2D eigenvalue weighted by Gasteiger charge is 2.20. The van der Waals surface area contributed by atoms with Crippen molar-refractivity contribution in [1.82, 2.24) is 0 Å². The minimum Gasteiger partial charge on any atom is -0.0825 e. The first-order valence-electron chi connectivity index (χ1n) is 6.04. The SMILES string of the molecule is CC1=CC(CC(C)CC(C)(C)C)CC1. The normalized spacial score (nSPS) is 24.9. The molecule has 2 unspecified atom stereocenters. The van der Waals surface area contributed by atoms with Crippen LogP contribution in [0.1, 0.15) is 60.3 Å². The Morgan fingerprint density at radius 1 is 1.43 bits per heavy atom. The number of rotatable bonds is 3. The lowest BCUT2D eigenvalue weighted by atomic mass is 9.81. The molecule has 0 heteroatoms. The average molecular weight is 194 g/mol. The standard InChI is InChI=1S/C14H26/c1-11-6-7-13(8-11)9-12(2)10-14(3,4)5/h8,12-13H,6-7,9-10H2,1-5H3. The molecule has 0 aliphatic heterocycles. The van der Waals surface area contributed by atoms with Gasteiger partial charge in [-0.15, -0.1) is 0 Å². The van der Waals surface area contributed by atoms with Crippen molar-refractivity contribution in [3.05, 3.63) is 11.6 Å². The summed E-state index contributed by atoms with van der Waals surface area (Å²) in [5.41, 5.74) is 2.11. The molecule has 0 amide bonds. The van der Waals surface area contributed by atoms with Gasteiger partial charge in [0.25, 0.3) is 0 Å². The van der Waals surface area contributed by atoms with Gasteiger partial charge in [0, 0.05) is 0 Å². The summed E-state index contributed by atoms with van der Waals surface area (Å²) >= 11 is 0. The maximum Gasteiger partial charge on any atom is -0.0225 e. The average Bonchev–Trinajstić information content (AvgIpc) is 2.30. The van der Waals surface area contributed by atoms with Crippen molar-refractivity contribution in [3.63, 3.8) is 0 Å². The maximum atomic E-state index is 2.50. The van der Waals surface area contributed by atoms with Gasteiger partial charge in [-0.2, -0.15) is 0 Å². The van der Waals surface area contributed by atoms with E-state index in [1.165, 1.54) is 25.7 Å². The van der Waals surface area contributed by atoms with E-state index < -0.39 is 0 Å². The fraction of sp³-hybridized carbons (Fsp3) is 0.857. The van der Waals surface area contributed by atoms with Crippen LogP contribution in [0.4, 0.5) is 0 Å². The van der Waals surface area contributed by atoms with E-state index in [-0.39, 0.29) is 0 Å². The predicted molar refractivity (Wildman–Crippen MR) is 64.3 cm³/mol. The van der Waals surface area contributed by atoms with Gasteiger partial charge in [-0.3, -0.25) is 0 Å². The molecule has 0 saturated carbocycles. The Kier molecular flexibility index (Phi) is 3.80. The quantitative estimate of drug-likeness (QED) is 0.566. The molecule has 0 nitrogen and oxygen atoms in total. The van der Waals surface area contributed by atoms with Crippen LogP contribution in [-0.2, 0) is 0 Å². The Morgan fingerprint density at radius 2 is 2.07 bits per heavy atom. The van der Waals surface area contributed by atoms with Crippen LogP contribution in [0.25, 0.3) is 0 Å². The molecule has 1 rings (SSSR count). The first-order chi connectivity index (χ1) is 6.37. The van der Waals surface area contributed by atoms with Crippen molar-refractivity contribution in [2.24, 2.45) is 17.3 Å². The van der Waals surface area contributed by atoms with E-state index in [4.69, 9.17) is 0 Å². The molecule has 0 saturated heterocycles. The molecular formula is C14H26. The molecule has 0 aromatic heterocycles. The lowest BCUT2D eigenvalue weighted by Gasteiger charge is -2.24. The van der Waals surface area contributed by atoms with Crippen molar-refractivity contribution in [3.8, 4) is 0 Å². The number of hydrogen-bond acceptors (Lipinski definition) is 0. The Labute approximate surface area is 89.8 Å². The lowest BCUT2D eigenvalue weighted by molar-refractivity contribution is 0.279. The van der Waals surface area contributed by atoms with Crippen molar-refractivity contribution >= 4 is 0 Å². The second-order valence-electron chi connectivity index (χ2n) is 6.42. The van der Waals surface area contributed by atoms with Gasteiger partial charge in [-0.25, -0.2) is 0 Å². The van der Waals surface area contributed by atoms with Gasteiger partial charge in [0.1, 0.15) is 0 Å². The van der Waals surface area contributed by atoms with E-state index >= 15 is 0 Å². The molecule has 2 atom stereocenters. The molecule has 82 valence electrons. The van der Waals surface area contributed by atoms with Crippen LogP contribution in [-0.4, -0.2) is 0 Å². The highest BCUT2D eigenvalue weighted by atomic mass is 14.3. The van der Waals surface area contributed by atoms with Gasteiger partial charge in [-0.05, 0) is 49.9 Å². The summed E-state index contributed by atoms with van der Waals surface area (Å²) in [6.45, 7) is 11.7. The van der Waals surface area contributed by atoms with E-state index in [0.717, 1.165) is 11.8 Å². The Bertz CT molecular complexity index is 205. The summed E-state index contributed by atoms with van der Waals surface area (Å²) in [6.07, 6.45) is 8.00. The molecule has 0 bridgehead atoms. The van der Waals surface area contributed by atoms with E-state index in [1.807, 2.05) is 0 Å². The molecule has 0 heterocycles. The van der Waals surface area contributed by atoms with E-state index in [0.29, 0.717) is 5.41 Å². The fourth-order valence-corrected chi connectivity index (χ4v) is 2.81. The van der Waals surface area contributed by atoms with Gasteiger partial charge >= 0.3 is 0 Å². The highest BCUT2D eigenvalue weighted by molar-refractivity contribution is 5.07. The monoisotopic (exact) mass is 194 g/mol. The zero-order valence-corrected chi connectivity index (χ0v) is 10.6. The van der Waals surface area contributed by atoms with Crippen molar-refractivity contribution < 1.29 is 0 Å². The zero-order chi connectivity index (χ0) is 10.8. The van der Waals surface area contributed by atoms with Gasteiger partial charge in [0.15, 0.2) is 0 Å². The van der Waals surface area contributed by atoms with Crippen molar-refractivity contribution in [2.75, 3.05) is 0 Å². The minimum atomic E-state index is 0.497. The summed E-state index contributed by atoms with van der Waals surface area (Å²) in [4.78, 5) is 0. The third kappa shape index (κ3) is 4.30. The highest BCUT2D eigenvalue weighted by Crippen LogP contribution is 2.33. The smallest absolute Gasteiger partial charge is 0.0225 e. The van der Waals surface area contributed by atoms with Crippen LogP contribution in [0.3, 0.4) is 0 Å². The molecule has 0 N–H and O–H groups in total. The van der Waals surface area contributed by atoms with E-state index in [2.05, 4.69) is 40.7 Å². The topological polar surface area (TPSA) is 0 Å². The summed E-state index contributed by atoms with van der Waals surface area (Å²) in [5.74, 6) is 1.76. The number of allylic oxidation sites excluding steroid dienone is 2. The lowest BCUT2D eigenvalue weighted by Crippen LogP contribution is -2.13. The molecular weight excluding hydrogens is 168 g/mol. The number of hydrogen-bond donors (Lipinski definition) is 0. The largest absolute Gasteiger partial charge is 0.0825 e. The Hall–Kier alpha value is -0.260. The summed E-state index contributed by atoms with van der Waals surface area (Å²) in [5, 5.41) is 0. The Morgan fingerprint density at radius 3 is 2.50 bits per heavy atom. The van der Waals surface area contributed by atoms with Gasteiger partial charge in [-0.1, -0.05) is 39.3 Å². The van der Waals surface area contributed by atoms with Crippen molar-refractivity contribution in [2.45, 2.75) is 60.3 Å². The predicted octanol–water partition coefficient (Wildman–Crippen LogP) is 4.81. The van der Waals surface area contributed by atoms with Gasteiger partial charge in [0.2, 0.25) is 0 Å². The molecule has 0 aromatic carbocycles. The first kappa shape index (κ1) is 11.8. The first-order valence-corrected chi connectivity index (χ1v) is 6.04. The molecule has 0 aromatic rings. The van der Waals surface area contributed by atoms with Crippen LogP contribution < -0.4 is 0 Å². The molecule has 0 spiro atoms. The zero-order valence-electron chi connectivity index (χ0n) is 10.6. The van der Waals surface area contributed by atoms with E-state index in [1.54, 1.807) is 5.57 Å². The third-order valence-corrected chi connectivity index (χ3v) is 3.10. The van der Waals surface area contributed by atoms with Crippen LogP contribution in [0, 0.1) is 17.3 Å². The second-order valence-corrected chi connectivity index (χ2v) is 6.42. The Balaban J connectivity index is 2.31. The summed E-state index contributed by atoms with van der Waals surface area (Å²) < 4.78 is 0. The summed E-state index contributed by atoms with van der Waals surface area (Å²) in [6, 6.07) is 0. The van der Waals surface area contributed by atoms with Gasteiger partial charge < -0.3 is 0 Å².